The van der Waals surface area contributed by atoms with Crippen LogP contribution < -0.4 is 0 Å². The summed E-state index contributed by atoms with van der Waals surface area (Å²) in [5, 5.41) is 0. The zero-order valence-corrected chi connectivity index (χ0v) is 14.5. The van der Waals surface area contributed by atoms with Gasteiger partial charge in [-0.3, -0.25) is 0 Å². The molecule has 3 nitrogen and oxygen atoms in total. The summed E-state index contributed by atoms with van der Waals surface area (Å²) in [5.41, 5.74) is 1.71. The molecule has 0 aromatic carbocycles. The highest BCUT2D eigenvalue weighted by Crippen LogP contribution is 2.12. The van der Waals surface area contributed by atoms with E-state index >= 15 is 0 Å². The molecule has 1 rings (SSSR count). The number of carbonyl (C=O) groups excluding carboxylic acids is 1. The fourth-order valence-corrected chi connectivity index (χ4v) is 2.72. The minimum atomic E-state index is -0.253. The molecule has 1 heterocycles. The van der Waals surface area contributed by atoms with E-state index in [9.17, 15) is 4.79 Å². The SMILES string of the molecule is CCCCCCCCCCCCc1ccc(C(=O)OCC)[nH]1. The van der Waals surface area contributed by atoms with E-state index in [0.29, 0.717) is 12.3 Å². The molecule has 0 atom stereocenters. The first-order valence-electron chi connectivity index (χ1n) is 9.13. The van der Waals surface area contributed by atoms with Gasteiger partial charge in [0, 0.05) is 5.69 Å². The van der Waals surface area contributed by atoms with Gasteiger partial charge < -0.3 is 9.72 Å². The van der Waals surface area contributed by atoms with Gasteiger partial charge in [0.25, 0.3) is 0 Å². The molecule has 0 amide bonds. The third-order valence-electron chi connectivity index (χ3n) is 4.04. The summed E-state index contributed by atoms with van der Waals surface area (Å²) in [5.74, 6) is -0.253. The summed E-state index contributed by atoms with van der Waals surface area (Å²) in [6.07, 6.45) is 14.5. The zero-order chi connectivity index (χ0) is 16.0. The standard InChI is InChI=1S/C19H33NO2/c1-3-5-6-7-8-9-10-11-12-13-14-17-15-16-18(20-17)19(21)22-4-2/h15-16,20H,3-14H2,1-2H3. The lowest BCUT2D eigenvalue weighted by molar-refractivity contribution is 0.0520. The third kappa shape index (κ3) is 8.26. The average molecular weight is 307 g/mol. The van der Waals surface area contributed by atoms with Crippen molar-refractivity contribution in [2.24, 2.45) is 0 Å². The number of aromatic nitrogens is 1. The number of aromatic amines is 1. The van der Waals surface area contributed by atoms with Crippen LogP contribution in [0.25, 0.3) is 0 Å². The van der Waals surface area contributed by atoms with Crippen LogP contribution in [0.1, 0.15) is 94.2 Å². The maximum absolute atomic E-state index is 11.5. The lowest BCUT2D eigenvalue weighted by Crippen LogP contribution is -2.05. The van der Waals surface area contributed by atoms with Crippen LogP contribution in [0.5, 0.6) is 0 Å². The second-order valence-corrected chi connectivity index (χ2v) is 6.05. The van der Waals surface area contributed by atoms with E-state index in [4.69, 9.17) is 4.74 Å². The number of rotatable bonds is 13. The lowest BCUT2D eigenvalue weighted by Gasteiger charge is -2.02. The molecule has 0 radical (unpaired) electrons. The van der Waals surface area contributed by atoms with E-state index in [-0.39, 0.29) is 5.97 Å². The van der Waals surface area contributed by atoms with E-state index in [0.717, 1.165) is 12.1 Å². The Balaban J connectivity index is 2.00. The van der Waals surface area contributed by atoms with Crippen molar-refractivity contribution in [2.75, 3.05) is 6.61 Å². The molecule has 0 aliphatic rings. The number of hydrogen-bond donors (Lipinski definition) is 1. The van der Waals surface area contributed by atoms with Gasteiger partial charge in [-0.05, 0) is 31.9 Å². The molecule has 1 N–H and O–H groups in total. The molecule has 0 unspecified atom stereocenters. The zero-order valence-electron chi connectivity index (χ0n) is 14.5. The van der Waals surface area contributed by atoms with Gasteiger partial charge in [-0.1, -0.05) is 64.7 Å². The summed E-state index contributed by atoms with van der Waals surface area (Å²) in [6.45, 7) is 4.51. The third-order valence-corrected chi connectivity index (χ3v) is 4.04. The molecule has 0 saturated carbocycles. The molecule has 0 saturated heterocycles. The number of unbranched alkanes of at least 4 members (excludes halogenated alkanes) is 9. The molecule has 1 aromatic rings. The van der Waals surface area contributed by atoms with Crippen LogP contribution in [0.3, 0.4) is 0 Å². The van der Waals surface area contributed by atoms with Crippen molar-refractivity contribution in [3.63, 3.8) is 0 Å². The number of carbonyl (C=O) groups is 1. The first-order chi connectivity index (χ1) is 10.8. The molecule has 22 heavy (non-hydrogen) atoms. The van der Waals surface area contributed by atoms with Crippen molar-refractivity contribution in [1.29, 1.82) is 0 Å². The predicted molar refractivity (Wildman–Crippen MR) is 92.3 cm³/mol. The summed E-state index contributed by atoms with van der Waals surface area (Å²) < 4.78 is 4.98. The average Bonchev–Trinajstić information content (AvgIpc) is 2.98. The molecule has 0 bridgehead atoms. The normalized spacial score (nSPS) is 10.8. The minimum Gasteiger partial charge on any atom is -0.461 e. The summed E-state index contributed by atoms with van der Waals surface area (Å²) in [6, 6.07) is 3.82. The topological polar surface area (TPSA) is 42.1 Å². The Hall–Kier alpha value is -1.25. The van der Waals surface area contributed by atoms with Crippen molar-refractivity contribution in [3.8, 4) is 0 Å². The maximum Gasteiger partial charge on any atom is 0.354 e. The summed E-state index contributed by atoms with van der Waals surface area (Å²) >= 11 is 0. The molecule has 0 spiro atoms. The Labute approximate surface area is 135 Å². The van der Waals surface area contributed by atoms with Gasteiger partial charge in [0.1, 0.15) is 5.69 Å². The van der Waals surface area contributed by atoms with Gasteiger partial charge in [0.05, 0.1) is 6.61 Å². The highest BCUT2D eigenvalue weighted by atomic mass is 16.5. The Kier molecular flexibility index (Phi) is 10.5. The molecule has 0 aliphatic heterocycles. The summed E-state index contributed by atoms with van der Waals surface area (Å²) in [4.78, 5) is 14.7. The van der Waals surface area contributed by atoms with Crippen LogP contribution in [-0.4, -0.2) is 17.6 Å². The Morgan fingerprint density at radius 2 is 1.50 bits per heavy atom. The van der Waals surface area contributed by atoms with E-state index in [1.165, 1.54) is 64.2 Å². The first-order valence-corrected chi connectivity index (χ1v) is 9.13. The number of esters is 1. The molecular weight excluding hydrogens is 274 g/mol. The lowest BCUT2D eigenvalue weighted by atomic mass is 10.1. The van der Waals surface area contributed by atoms with Crippen molar-refractivity contribution in [1.82, 2.24) is 4.98 Å². The van der Waals surface area contributed by atoms with Gasteiger partial charge in [-0.2, -0.15) is 0 Å². The Morgan fingerprint density at radius 3 is 2.09 bits per heavy atom. The predicted octanol–water partition coefficient (Wildman–Crippen LogP) is 5.65. The van der Waals surface area contributed by atoms with Crippen LogP contribution in [-0.2, 0) is 11.2 Å². The fourth-order valence-electron chi connectivity index (χ4n) is 2.72. The quantitative estimate of drug-likeness (QED) is 0.377. The van der Waals surface area contributed by atoms with Crippen molar-refractivity contribution >= 4 is 5.97 Å². The second-order valence-electron chi connectivity index (χ2n) is 6.05. The van der Waals surface area contributed by atoms with Gasteiger partial charge >= 0.3 is 5.97 Å². The molecular formula is C19H33NO2. The second kappa shape index (κ2) is 12.3. The maximum atomic E-state index is 11.5. The van der Waals surface area contributed by atoms with Crippen molar-refractivity contribution in [3.05, 3.63) is 23.5 Å². The van der Waals surface area contributed by atoms with Crippen molar-refractivity contribution in [2.45, 2.75) is 84.5 Å². The van der Waals surface area contributed by atoms with Gasteiger partial charge in [-0.15, -0.1) is 0 Å². The number of ether oxygens (including phenoxy) is 1. The number of H-pyrrole nitrogens is 1. The Bertz CT molecular complexity index is 398. The van der Waals surface area contributed by atoms with Crippen LogP contribution in [0.4, 0.5) is 0 Å². The highest BCUT2D eigenvalue weighted by Gasteiger charge is 2.08. The molecule has 0 aliphatic carbocycles. The van der Waals surface area contributed by atoms with E-state index in [2.05, 4.69) is 11.9 Å². The van der Waals surface area contributed by atoms with E-state index < -0.39 is 0 Å². The molecule has 0 fully saturated rings. The molecule has 3 heteroatoms. The monoisotopic (exact) mass is 307 g/mol. The van der Waals surface area contributed by atoms with Crippen LogP contribution in [0.2, 0.25) is 0 Å². The minimum absolute atomic E-state index is 0.253. The fraction of sp³-hybridized carbons (Fsp3) is 0.737. The van der Waals surface area contributed by atoms with Gasteiger partial charge in [-0.25, -0.2) is 4.79 Å². The van der Waals surface area contributed by atoms with Crippen LogP contribution >= 0.6 is 0 Å². The molecule has 126 valence electrons. The smallest absolute Gasteiger partial charge is 0.354 e. The summed E-state index contributed by atoms with van der Waals surface area (Å²) in [7, 11) is 0. The van der Waals surface area contributed by atoms with Gasteiger partial charge in [0.2, 0.25) is 0 Å². The largest absolute Gasteiger partial charge is 0.461 e. The van der Waals surface area contributed by atoms with E-state index in [1.54, 1.807) is 0 Å². The number of nitrogens with one attached hydrogen (secondary N) is 1. The van der Waals surface area contributed by atoms with E-state index in [1.807, 2.05) is 19.1 Å². The first kappa shape index (κ1) is 18.8. The van der Waals surface area contributed by atoms with Crippen molar-refractivity contribution < 1.29 is 9.53 Å². The van der Waals surface area contributed by atoms with Gasteiger partial charge in [0.15, 0.2) is 0 Å². The molecule has 1 aromatic heterocycles. The highest BCUT2D eigenvalue weighted by molar-refractivity contribution is 5.87. The Morgan fingerprint density at radius 1 is 0.909 bits per heavy atom. The van der Waals surface area contributed by atoms with Crippen LogP contribution in [0, 0.1) is 0 Å². The number of hydrogen-bond acceptors (Lipinski definition) is 2. The van der Waals surface area contributed by atoms with Crippen LogP contribution in [0.15, 0.2) is 12.1 Å². The number of aryl methyl sites for hydroxylation is 1.